The van der Waals surface area contributed by atoms with Gasteiger partial charge in [-0.3, -0.25) is 24.3 Å². The summed E-state index contributed by atoms with van der Waals surface area (Å²) < 4.78 is 13.1. The van der Waals surface area contributed by atoms with E-state index in [4.69, 9.17) is 0 Å². The van der Waals surface area contributed by atoms with Crippen LogP contribution in [0.2, 0.25) is 0 Å². The Balaban J connectivity index is 1.26. The van der Waals surface area contributed by atoms with Crippen LogP contribution in [-0.2, 0) is 10.5 Å². The minimum Gasteiger partial charge on any atom is -0.350 e. The molecule has 3 amide bonds. The van der Waals surface area contributed by atoms with Gasteiger partial charge in [0.25, 0.3) is 17.1 Å². The number of thioether (sulfide) groups is 2. The number of benzene rings is 2. The lowest BCUT2D eigenvalue weighted by Crippen LogP contribution is -2.37. The standard InChI is InChI=1S/C25H20FN3O3S2/c26-20-7-3-17(4-8-20)14-22-24(31)29(25(32)34-22)13-12-28-23(30)19-5-9-21(10-6-19)33-16-18-2-1-11-27-15-18/h1-11,14-15H,12-13,16H2,(H,28,30)/b22-14-. The average molecular weight is 494 g/mol. The predicted molar refractivity (Wildman–Crippen MR) is 132 cm³/mol. The maximum absolute atomic E-state index is 13.1. The number of hydrogen-bond acceptors (Lipinski definition) is 6. The van der Waals surface area contributed by atoms with Gasteiger partial charge in [-0.2, -0.15) is 0 Å². The van der Waals surface area contributed by atoms with Gasteiger partial charge in [0.1, 0.15) is 5.82 Å². The molecule has 4 rings (SSSR count). The molecule has 0 unspecified atom stereocenters. The summed E-state index contributed by atoms with van der Waals surface area (Å²) in [6.45, 7) is 0.203. The number of pyridine rings is 1. The number of carbonyl (C=O) groups excluding carboxylic acids is 3. The third kappa shape index (κ3) is 6.12. The van der Waals surface area contributed by atoms with Crippen LogP contribution in [0.1, 0.15) is 21.5 Å². The summed E-state index contributed by atoms with van der Waals surface area (Å²) in [6, 6.07) is 16.8. The van der Waals surface area contributed by atoms with Crippen molar-refractivity contribution in [3.8, 4) is 0 Å². The first-order valence-electron chi connectivity index (χ1n) is 10.4. The van der Waals surface area contributed by atoms with Crippen molar-refractivity contribution in [1.82, 2.24) is 15.2 Å². The summed E-state index contributed by atoms with van der Waals surface area (Å²) in [5.41, 5.74) is 2.24. The Bertz CT molecular complexity index is 1220. The minimum atomic E-state index is -0.427. The van der Waals surface area contributed by atoms with Gasteiger partial charge in [-0.05, 0) is 71.4 Å². The first kappa shape index (κ1) is 23.7. The lowest BCUT2D eigenvalue weighted by molar-refractivity contribution is -0.122. The molecule has 1 saturated heterocycles. The molecule has 0 aliphatic carbocycles. The van der Waals surface area contributed by atoms with Crippen LogP contribution in [-0.4, -0.2) is 40.0 Å². The van der Waals surface area contributed by atoms with Gasteiger partial charge in [0.15, 0.2) is 0 Å². The number of nitrogens with one attached hydrogen (secondary N) is 1. The molecule has 1 fully saturated rings. The lowest BCUT2D eigenvalue weighted by Gasteiger charge is -2.13. The number of imide groups is 1. The third-order valence-corrected chi connectivity index (χ3v) is 6.90. The highest BCUT2D eigenvalue weighted by molar-refractivity contribution is 8.18. The van der Waals surface area contributed by atoms with Crippen LogP contribution >= 0.6 is 23.5 Å². The van der Waals surface area contributed by atoms with Crippen LogP contribution in [0.5, 0.6) is 0 Å². The van der Waals surface area contributed by atoms with Gasteiger partial charge in [-0.1, -0.05) is 18.2 Å². The molecule has 2 aromatic carbocycles. The summed E-state index contributed by atoms with van der Waals surface area (Å²) in [5, 5.41) is 2.34. The predicted octanol–water partition coefficient (Wildman–Crippen LogP) is 4.98. The van der Waals surface area contributed by atoms with E-state index in [2.05, 4.69) is 10.3 Å². The highest BCUT2D eigenvalue weighted by atomic mass is 32.2. The van der Waals surface area contributed by atoms with Crippen molar-refractivity contribution >= 4 is 46.7 Å². The van der Waals surface area contributed by atoms with E-state index in [1.807, 2.05) is 30.5 Å². The van der Waals surface area contributed by atoms with Crippen molar-refractivity contribution in [2.75, 3.05) is 13.1 Å². The van der Waals surface area contributed by atoms with E-state index >= 15 is 0 Å². The van der Waals surface area contributed by atoms with Crippen LogP contribution in [0.25, 0.3) is 6.08 Å². The summed E-state index contributed by atoms with van der Waals surface area (Å²) >= 11 is 2.48. The molecule has 172 valence electrons. The van der Waals surface area contributed by atoms with E-state index in [-0.39, 0.29) is 29.7 Å². The van der Waals surface area contributed by atoms with Gasteiger partial charge in [-0.15, -0.1) is 11.8 Å². The Kier molecular flexibility index (Phi) is 7.76. The van der Waals surface area contributed by atoms with Gasteiger partial charge in [0, 0.05) is 41.7 Å². The second-order valence-electron chi connectivity index (χ2n) is 7.32. The highest BCUT2D eigenvalue weighted by Gasteiger charge is 2.34. The van der Waals surface area contributed by atoms with Gasteiger partial charge in [0.05, 0.1) is 4.91 Å². The Hall–Kier alpha value is -3.43. The van der Waals surface area contributed by atoms with Crippen LogP contribution < -0.4 is 5.32 Å². The molecule has 2 heterocycles. The molecule has 3 aromatic rings. The number of carbonyl (C=O) groups is 3. The Morgan fingerprint density at radius 2 is 1.85 bits per heavy atom. The van der Waals surface area contributed by atoms with Crippen LogP contribution in [0.4, 0.5) is 9.18 Å². The van der Waals surface area contributed by atoms with Crippen LogP contribution in [0, 0.1) is 5.82 Å². The van der Waals surface area contributed by atoms with Gasteiger partial charge >= 0.3 is 0 Å². The van der Waals surface area contributed by atoms with E-state index < -0.39 is 11.1 Å². The zero-order valence-electron chi connectivity index (χ0n) is 17.9. The number of halogens is 1. The zero-order valence-corrected chi connectivity index (χ0v) is 19.6. The van der Waals surface area contributed by atoms with E-state index in [0.29, 0.717) is 11.1 Å². The lowest BCUT2D eigenvalue weighted by atomic mass is 10.2. The first-order chi connectivity index (χ1) is 16.5. The van der Waals surface area contributed by atoms with Crippen molar-refractivity contribution in [3.63, 3.8) is 0 Å². The molecule has 0 spiro atoms. The molecule has 34 heavy (non-hydrogen) atoms. The highest BCUT2D eigenvalue weighted by Crippen LogP contribution is 2.32. The maximum Gasteiger partial charge on any atom is 0.293 e. The van der Waals surface area contributed by atoms with Crippen LogP contribution in [0.3, 0.4) is 0 Å². The van der Waals surface area contributed by atoms with E-state index in [1.165, 1.54) is 24.3 Å². The molecule has 0 saturated carbocycles. The molecule has 0 atom stereocenters. The summed E-state index contributed by atoms with van der Waals surface area (Å²) in [6.07, 6.45) is 5.11. The fourth-order valence-corrected chi connectivity index (χ4v) is 4.84. The average Bonchev–Trinajstić information content (AvgIpc) is 3.12. The SMILES string of the molecule is O=C(NCCN1C(=O)S/C(=C\c2ccc(F)cc2)C1=O)c1ccc(SCc2cccnc2)cc1. The number of hydrogen-bond donors (Lipinski definition) is 1. The molecule has 0 radical (unpaired) electrons. The normalized spacial score (nSPS) is 14.6. The first-order valence-corrected chi connectivity index (χ1v) is 12.2. The van der Waals surface area contributed by atoms with Crippen molar-refractivity contribution in [1.29, 1.82) is 0 Å². The largest absolute Gasteiger partial charge is 0.350 e. The fraction of sp³-hybridized carbons (Fsp3) is 0.120. The Labute approximate surface area is 204 Å². The van der Waals surface area contributed by atoms with Gasteiger partial charge in [-0.25, -0.2) is 4.39 Å². The van der Waals surface area contributed by atoms with Gasteiger partial charge in [0.2, 0.25) is 0 Å². The second-order valence-corrected chi connectivity index (χ2v) is 9.36. The minimum absolute atomic E-state index is 0.0657. The third-order valence-electron chi connectivity index (χ3n) is 4.91. The Morgan fingerprint density at radius 1 is 1.09 bits per heavy atom. The topological polar surface area (TPSA) is 79.4 Å². The Morgan fingerprint density at radius 3 is 2.56 bits per heavy atom. The van der Waals surface area contributed by atoms with Crippen molar-refractivity contribution in [2.45, 2.75) is 10.6 Å². The van der Waals surface area contributed by atoms with Crippen LogP contribution in [0.15, 0.2) is 82.9 Å². The fourth-order valence-electron chi connectivity index (χ4n) is 3.14. The van der Waals surface area contributed by atoms with E-state index in [0.717, 1.165) is 32.9 Å². The van der Waals surface area contributed by atoms with Gasteiger partial charge < -0.3 is 5.32 Å². The van der Waals surface area contributed by atoms with E-state index in [1.54, 1.807) is 36.2 Å². The summed E-state index contributed by atoms with van der Waals surface area (Å²) in [7, 11) is 0. The monoisotopic (exact) mass is 493 g/mol. The molecule has 0 bridgehead atoms. The molecular formula is C25H20FN3O3S2. The molecule has 1 aliphatic heterocycles. The number of nitrogens with zero attached hydrogens (tertiary/aromatic N) is 2. The maximum atomic E-state index is 13.1. The number of rotatable bonds is 8. The second kappa shape index (κ2) is 11.1. The van der Waals surface area contributed by atoms with Crippen molar-refractivity contribution < 1.29 is 18.8 Å². The number of amides is 3. The smallest absolute Gasteiger partial charge is 0.293 e. The molecule has 9 heteroatoms. The number of aromatic nitrogens is 1. The van der Waals surface area contributed by atoms with E-state index in [9.17, 15) is 18.8 Å². The quantitative estimate of drug-likeness (QED) is 0.352. The summed E-state index contributed by atoms with van der Waals surface area (Å²) in [4.78, 5) is 43.7. The molecular weight excluding hydrogens is 473 g/mol. The van der Waals surface area contributed by atoms with Crippen molar-refractivity contribution in [3.05, 3.63) is 100 Å². The molecule has 1 N–H and O–H groups in total. The molecule has 1 aliphatic rings. The summed E-state index contributed by atoms with van der Waals surface area (Å²) in [5.74, 6) is -0.298. The van der Waals surface area contributed by atoms with Crippen molar-refractivity contribution in [2.24, 2.45) is 0 Å². The zero-order chi connectivity index (χ0) is 23.9. The molecule has 6 nitrogen and oxygen atoms in total. The molecule has 1 aromatic heterocycles.